The fourth-order valence-corrected chi connectivity index (χ4v) is 3.55. The van der Waals surface area contributed by atoms with Crippen molar-refractivity contribution in [2.75, 3.05) is 11.3 Å². The molecule has 0 aliphatic carbocycles. The van der Waals surface area contributed by atoms with Gasteiger partial charge in [0.25, 0.3) is 15.9 Å². The van der Waals surface area contributed by atoms with Gasteiger partial charge in [-0.3, -0.25) is 9.52 Å². The second-order valence-electron chi connectivity index (χ2n) is 6.89. The van der Waals surface area contributed by atoms with E-state index in [1.54, 1.807) is 49.4 Å². The van der Waals surface area contributed by atoms with Crippen LogP contribution in [0, 0.1) is 19.8 Å². The molecule has 2 rings (SSSR count). The van der Waals surface area contributed by atoms with E-state index in [-0.39, 0.29) is 10.8 Å². The van der Waals surface area contributed by atoms with Gasteiger partial charge >= 0.3 is 0 Å². The molecule has 6 heteroatoms. The number of amides is 1. The van der Waals surface area contributed by atoms with Crippen molar-refractivity contribution in [2.45, 2.75) is 39.0 Å². The van der Waals surface area contributed by atoms with Crippen molar-refractivity contribution in [1.29, 1.82) is 0 Å². The van der Waals surface area contributed by atoms with Gasteiger partial charge in [-0.25, -0.2) is 8.42 Å². The van der Waals surface area contributed by atoms with E-state index in [2.05, 4.69) is 23.9 Å². The van der Waals surface area contributed by atoms with E-state index in [0.29, 0.717) is 29.3 Å². The van der Waals surface area contributed by atoms with E-state index in [1.807, 2.05) is 6.92 Å². The van der Waals surface area contributed by atoms with Gasteiger partial charge in [0.2, 0.25) is 0 Å². The van der Waals surface area contributed by atoms with E-state index >= 15 is 0 Å². The smallest absolute Gasteiger partial charge is 0.261 e. The van der Waals surface area contributed by atoms with Gasteiger partial charge in [-0.2, -0.15) is 0 Å². The number of hydrogen-bond acceptors (Lipinski definition) is 3. The lowest BCUT2D eigenvalue weighted by molar-refractivity contribution is 0.0952. The first-order valence-corrected chi connectivity index (χ1v) is 10.2. The molecule has 0 spiro atoms. The summed E-state index contributed by atoms with van der Waals surface area (Å²) in [5, 5.41) is 2.88. The lowest BCUT2D eigenvalue weighted by Crippen LogP contribution is -2.25. The van der Waals surface area contributed by atoms with Crippen LogP contribution in [-0.2, 0) is 10.0 Å². The molecule has 0 saturated heterocycles. The number of benzene rings is 2. The summed E-state index contributed by atoms with van der Waals surface area (Å²) >= 11 is 0. The summed E-state index contributed by atoms with van der Waals surface area (Å²) in [6, 6.07) is 11.6. The van der Waals surface area contributed by atoms with Crippen LogP contribution in [0.15, 0.2) is 47.4 Å². The van der Waals surface area contributed by atoms with E-state index < -0.39 is 10.0 Å². The number of sulfonamides is 1. The SMILES string of the molecule is Cc1ccc(S(=O)(=O)Nc2ccc(C(=O)NCCC(C)C)cc2C)cc1. The Kier molecular flexibility index (Phi) is 6.42. The van der Waals surface area contributed by atoms with Crippen LogP contribution in [0.2, 0.25) is 0 Å². The Hall–Kier alpha value is -2.34. The molecular weight excluding hydrogens is 348 g/mol. The highest BCUT2D eigenvalue weighted by atomic mass is 32.2. The van der Waals surface area contributed by atoms with Crippen molar-refractivity contribution in [3.8, 4) is 0 Å². The zero-order valence-corrected chi connectivity index (χ0v) is 16.5. The molecule has 2 aromatic rings. The molecule has 0 atom stereocenters. The largest absolute Gasteiger partial charge is 0.352 e. The van der Waals surface area contributed by atoms with Gasteiger partial charge in [0, 0.05) is 12.1 Å². The summed E-state index contributed by atoms with van der Waals surface area (Å²) in [5.41, 5.74) is 2.67. The Balaban J connectivity index is 2.12. The highest BCUT2D eigenvalue weighted by Crippen LogP contribution is 2.21. The van der Waals surface area contributed by atoms with Gasteiger partial charge in [0.15, 0.2) is 0 Å². The van der Waals surface area contributed by atoms with Crippen LogP contribution < -0.4 is 10.0 Å². The first kappa shape index (κ1) is 20.0. The third-order valence-corrected chi connectivity index (χ3v) is 5.45. The molecule has 0 aromatic heterocycles. The molecule has 0 fully saturated rings. The normalized spacial score (nSPS) is 11.4. The molecule has 0 aliphatic heterocycles. The molecule has 0 unspecified atom stereocenters. The van der Waals surface area contributed by atoms with E-state index in [0.717, 1.165) is 12.0 Å². The third-order valence-electron chi connectivity index (χ3n) is 4.07. The number of hydrogen-bond donors (Lipinski definition) is 2. The zero-order chi connectivity index (χ0) is 19.3. The average molecular weight is 375 g/mol. The highest BCUT2D eigenvalue weighted by Gasteiger charge is 2.16. The molecule has 2 N–H and O–H groups in total. The monoisotopic (exact) mass is 374 g/mol. The lowest BCUT2D eigenvalue weighted by atomic mass is 10.1. The van der Waals surface area contributed by atoms with Gasteiger partial charge in [-0.1, -0.05) is 31.5 Å². The summed E-state index contributed by atoms with van der Waals surface area (Å²) in [7, 11) is -3.66. The van der Waals surface area contributed by atoms with E-state index in [4.69, 9.17) is 0 Å². The number of carbonyl (C=O) groups excluding carboxylic acids is 1. The Labute approximate surface area is 155 Å². The number of carbonyl (C=O) groups is 1. The lowest BCUT2D eigenvalue weighted by Gasteiger charge is -2.12. The van der Waals surface area contributed by atoms with Crippen LogP contribution in [0.3, 0.4) is 0 Å². The predicted molar refractivity (Wildman–Crippen MR) is 105 cm³/mol. The summed E-state index contributed by atoms with van der Waals surface area (Å²) in [4.78, 5) is 12.4. The molecule has 0 aliphatic rings. The van der Waals surface area contributed by atoms with Gasteiger partial charge in [-0.15, -0.1) is 0 Å². The quantitative estimate of drug-likeness (QED) is 0.772. The van der Waals surface area contributed by atoms with Crippen LogP contribution >= 0.6 is 0 Å². The number of aryl methyl sites for hydroxylation is 2. The van der Waals surface area contributed by atoms with Crippen molar-refractivity contribution in [2.24, 2.45) is 5.92 Å². The average Bonchev–Trinajstić information content (AvgIpc) is 2.56. The fraction of sp³-hybridized carbons (Fsp3) is 0.350. The molecule has 0 bridgehead atoms. The van der Waals surface area contributed by atoms with Crippen LogP contribution in [0.1, 0.15) is 41.8 Å². The zero-order valence-electron chi connectivity index (χ0n) is 15.7. The number of nitrogens with one attached hydrogen (secondary N) is 2. The standard InChI is InChI=1S/C20H26N2O3S/c1-14(2)11-12-21-20(23)17-7-10-19(16(4)13-17)22-26(24,25)18-8-5-15(3)6-9-18/h5-10,13-14,22H,11-12H2,1-4H3,(H,21,23). The Morgan fingerprint density at radius 2 is 1.69 bits per heavy atom. The Morgan fingerprint density at radius 1 is 1.04 bits per heavy atom. The Bertz CT molecular complexity index is 872. The number of anilines is 1. The van der Waals surface area contributed by atoms with Crippen molar-refractivity contribution in [3.63, 3.8) is 0 Å². The first-order chi connectivity index (χ1) is 12.2. The number of rotatable bonds is 7. The van der Waals surface area contributed by atoms with Gasteiger partial charge in [-0.05, 0) is 62.1 Å². The second kappa shape index (κ2) is 8.36. The van der Waals surface area contributed by atoms with Crippen LogP contribution in [0.5, 0.6) is 0 Å². The fourth-order valence-electron chi connectivity index (χ4n) is 2.42. The maximum Gasteiger partial charge on any atom is 0.261 e. The molecule has 2 aromatic carbocycles. The van der Waals surface area contributed by atoms with E-state index in [9.17, 15) is 13.2 Å². The molecule has 0 radical (unpaired) electrons. The van der Waals surface area contributed by atoms with Crippen LogP contribution in [0.25, 0.3) is 0 Å². The topological polar surface area (TPSA) is 75.3 Å². The van der Waals surface area contributed by atoms with Crippen molar-refractivity contribution < 1.29 is 13.2 Å². The molecule has 1 amide bonds. The Morgan fingerprint density at radius 3 is 2.27 bits per heavy atom. The van der Waals surface area contributed by atoms with Crippen LogP contribution in [0.4, 0.5) is 5.69 Å². The van der Waals surface area contributed by atoms with Gasteiger partial charge < -0.3 is 5.32 Å². The predicted octanol–water partition coefficient (Wildman–Crippen LogP) is 3.88. The highest BCUT2D eigenvalue weighted by molar-refractivity contribution is 7.92. The second-order valence-corrected chi connectivity index (χ2v) is 8.57. The van der Waals surface area contributed by atoms with Crippen molar-refractivity contribution in [1.82, 2.24) is 5.32 Å². The summed E-state index contributed by atoms with van der Waals surface area (Å²) < 4.78 is 27.6. The molecule has 0 heterocycles. The van der Waals surface area contributed by atoms with Crippen molar-refractivity contribution >= 4 is 21.6 Å². The van der Waals surface area contributed by atoms with Crippen LogP contribution in [-0.4, -0.2) is 20.9 Å². The first-order valence-electron chi connectivity index (χ1n) is 8.67. The molecule has 26 heavy (non-hydrogen) atoms. The maximum atomic E-state index is 12.5. The minimum Gasteiger partial charge on any atom is -0.352 e. The third kappa shape index (κ3) is 5.33. The van der Waals surface area contributed by atoms with Crippen molar-refractivity contribution in [3.05, 3.63) is 59.2 Å². The molecule has 5 nitrogen and oxygen atoms in total. The molecule has 140 valence electrons. The summed E-state index contributed by atoms with van der Waals surface area (Å²) in [6.45, 7) is 8.50. The van der Waals surface area contributed by atoms with Gasteiger partial charge in [0.05, 0.1) is 10.6 Å². The molecular formula is C20H26N2O3S. The summed E-state index contributed by atoms with van der Waals surface area (Å²) in [6.07, 6.45) is 0.916. The summed E-state index contributed by atoms with van der Waals surface area (Å²) in [5.74, 6) is 0.372. The molecule has 0 saturated carbocycles. The minimum atomic E-state index is -3.66. The maximum absolute atomic E-state index is 12.5. The minimum absolute atomic E-state index is 0.151. The van der Waals surface area contributed by atoms with Gasteiger partial charge in [0.1, 0.15) is 0 Å². The van der Waals surface area contributed by atoms with E-state index in [1.165, 1.54) is 0 Å².